The Labute approximate surface area is 175 Å². The molecule has 5 nitrogen and oxygen atoms in total. The van der Waals surface area contributed by atoms with Gasteiger partial charge in [0.25, 0.3) is 0 Å². The van der Waals surface area contributed by atoms with Crippen molar-refractivity contribution in [1.82, 2.24) is 0 Å². The van der Waals surface area contributed by atoms with Crippen molar-refractivity contribution in [3.63, 3.8) is 0 Å². The summed E-state index contributed by atoms with van der Waals surface area (Å²) < 4.78 is 11.0. The largest absolute Gasteiger partial charge is 0.545 e. The molecule has 5 heteroatoms. The minimum absolute atomic E-state index is 0.0760. The van der Waals surface area contributed by atoms with Crippen molar-refractivity contribution in [2.24, 2.45) is 0 Å². The Kier molecular flexibility index (Phi) is 6.52. The SMILES string of the molecule is CC/C=C(\C(=O)[O-])c1cc(OC)c(OC(C)=O)c2c(Cc3ccccc3)cccc12. The Morgan fingerprint density at radius 1 is 1.07 bits per heavy atom. The molecule has 0 bridgehead atoms. The fourth-order valence-corrected chi connectivity index (χ4v) is 3.58. The van der Waals surface area contributed by atoms with Gasteiger partial charge in [0, 0.05) is 17.9 Å². The highest BCUT2D eigenvalue weighted by atomic mass is 16.6. The molecule has 0 heterocycles. The first-order valence-electron chi connectivity index (χ1n) is 9.73. The van der Waals surface area contributed by atoms with Crippen molar-refractivity contribution in [2.75, 3.05) is 7.11 Å². The van der Waals surface area contributed by atoms with Gasteiger partial charge in [-0.1, -0.05) is 61.5 Å². The van der Waals surface area contributed by atoms with E-state index in [-0.39, 0.29) is 17.1 Å². The maximum Gasteiger partial charge on any atom is 0.308 e. The van der Waals surface area contributed by atoms with Gasteiger partial charge in [0.1, 0.15) is 0 Å². The van der Waals surface area contributed by atoms with Crippen LogP contribution in [0.3, 0.4) is 0 Å². The van der Waals surface area contributed by atoms with Crippen LogP contribution in [0.1, 0.15) is 37.0 Å². The molecule has 0 amide bonds. The standard InChI is InChI=1S/C25H24O5/c1-4-9-20(25(27)28)21-15-22(29-3)24(30-16(2)26)23-18(12-8-13-19(21)23)14-17-10-6-5-7-11-17/h5-13,15H,4,14H2,1-3H3,(H,27,28)/p-1/b20-9-. The van der Waals surface area contributed by atoms with Crippen LogP contribution in [-0.4, -0.2) is 19.0 Å². The van der Waals surface area contributed by atoms with Gasteiger partial charge in [-0.2, -0.15) is 0 Å². The molecule has 0 aliphatic carbocycles. The molecule has 0 aromatic heterocycles. The van der Waals surface area contributed by atoms with Crippen LogP contribution in [-0.2, 0) is 16.0 Å². The lowest BCUT2D eigenvalue weighted by Gasteiger charge is -2.19. The van der Waals surface area contributed by atoms with E-state index < -0.39 is 11.9 Å². The number of allylic oxidation sites excluding steroid dienone is 1. The highest BCUT2D eigenvalue weighted by molar-refractivity contribution is 6.19. The molecule has 3 aromatic rings. The first-order chi connectivity index (χ1) is 14.5. The number of carboxylic acids is 1. The van der Waals surface area contributed by atoms with E-state index in [1.54, 1.807) is 12.1 Å². The third-order valence-electron chi connectivity index (χ3n) is 4.79. The van der Waals surface area contributed by atoms with Gasteiger partial charge in [0.2, 0.25) is 0 Å². The number of hydrogen-bond donors (Lipinski definition) is 0. The molecule has 0 N–H and O–H groups in total. The second-order valence-corrected chi connectivity index (χ2v) is 6.86. The van der Waals surface area contributed by atoms with E-state index in [0.717, 1.165) is 11.1 Å². The minimum Gasteiger partial charge on any atom is -0.545 e. The third-order valence-corrected chi connectivity index (χ3v) is 4.79. The summed E-state index contributed by atoms with van der Waals surface area (Å²) in [6, 6.07) is 17.1. The fourth-order valence-electron chi connectivity index (χ4n) is 3.58. The number of benzene rings is 3. The number of carbonyl (C=O) groups excluding carboxylic acids is 2. The van der Waals surface area contributed by atoms with Crippen molar-refractivity contribution >= 4 is 28.3 Å². The molecular weight excluding hydrogens is 380 g/mol. The summed E-state index contributed by atoms with van der Waals surface area (Å²) in [6.45, 7) is 3.18. The monoisotopic (exact) mass is 403 g/mol. The summed E-state index contributed by atoms with van der Waals surface area (Å²) in [7, 11) is 1.46. The predicted molar refractivity (Wildman–Crippen MR) is 114 cm³/mol. The van der Waals surface area contributed by atoms with Crippen LogP contribution in [0.25, 0.3) is 16.3 Å². The maximum absolute atomic E-state index is 11.9. The van der Waals surface area contributed by atoms with Crippen molar-refractivity contribution in [3.05, 3.63) is 77.4 Å². The number of methoxy groups -OCH3 is 1. The zero-order valence-corrected chi connectivity index (χ0v) is 17.2. The number of hydrogen-bond acceptors (Lipinski definition) is 5. The number of aliphatic carboxylic acids is 1. The van der Waals surface area contributed by atoms with E-state index in [2.05, 4.69) is 0 Å². The lowest BCUT2D eigenvalue weighted by atomic mass is 9.91. The highest BCUT2D eigenvalue weighted by Crippen LogP contribution is 2.42. The lowest BCUT2D eigenvalue weighted by molar-refractivity contribution is -0.295. The van der Waals surface area contributed by atoms with Crippen LogP contribution in [0, 0.1) is 0 Å². The quantitative estimate of drug-likeness (QED) is 0.340. The number of rotatable bonds is 7. The Hall–Kier alpha value is -3.60. The number of ether oxygens (including phenoxy) is 2. The fraction of sp³-hybridized carbons (Fsp3) is 0.200. The van der Waals surface area contributed by atoms with Crippen LogP contribution in [0.2, 0.25) is 0 Å². The van der Waals surface area contributed by atoms with E-state index in [1.165, 1.54) is 14.0 Å². The molecular formula is C25H23O5-. The molecule has 154 valence electrons. The summed E-state index contributed by atoms with van der Waals surface area (Å²) >= 11 is 0. The molecule has 0 aliphatic rings. The predicted octanol–water partition coefficient (Wildman–Crippen LogP) is 3.91. The van der Waals surface area contributed by atoms with Crippen LogP contribution in [0.15, 0.2) is 60.7 Å². The van der Waals surface area contributed by atoms with Crippen LogP contribution >= 0.6 is 0 Å². The highest BCUT2D eigenvalue weighted by Gasteiger charge is 2.20. The maximum atomic E-state index is 11.9. The Morgan fingerprint density at radius 2 is 1.80 bits per heavy atom. The summed E-state index contributed by atoms with van der Waals surface area (Å²) in [5.41, 5.74) is 2.51. The summed E-state index contributed by atoms with van der Waals surface area (Å²) in [5, 5.41) is 13.2. The molecule has 30 heavy (non-hydrogen) atoms. The normalized spacial score (nSPS) is 11.4. The number of carboxylic acid groups (broad SMARTS) is 1. The van der Waals surface area contributed by atoms with E-state index in [4.69, 9.17) is 9.47 Å². The van der Waals surface area contributed by atoms with Crippen LogP contribution in [0.5, 0.6) is 11.5 Å². The number of esters is 1. The molecule has 0 fully saturated rings. The molecule has 0 aliphatic heterocycles. The lowest BCUT2D eigenvalue weighted by Crippen LogP contribution is -2.23. The van der Waals surface area contributed by atoms with Crippen LogP contribution in [0.4, 0.5) is 0 Å². The Bertz CT molecular complexity index is 1110. The van der Waals surface area contributed by atoms with Crippen LogP contribution < -0.4 is 14.6 Å². The number of fused-ring (bicyclic) bond motifs is 1. The molecule has 3 aromatic carbocycles. The Morgan fingerprint density at radius 3 is 2.40 bits per heavy atom. The van der Waals surface area contributed by atoms with E-state index in [1.807, 2.05) is 55.5 Å². The van der Waals surface area contributed by atoms with Gasteiger partial charge in [-0.15, -0.1) is 0 Å². The van der Waals surface area contributed by atoms with E-state index in [0.29, 0.717) is 29.2 Å². The molecule has 0 spiro atoms. The van der Waals surface area contributed by atoms with Gasteiger partial charge in [0.05, 0.1) is 13.1 Å². The van der Waals surface area contributed by atoms with Crippen molar-refractivity contribution in [2.45, 2.75) is 26.7 Å². The molecule has 0 saturated carbocycles. The van der Waals surface area contributed by atoms with Gasteiger partial charge < -0.3 is 19.4 Å². The van der Waals surface area contributed by atoms with Crippen molar-refractivity contribution in [3.8, 4) is 11.5 Å². The molecule has 0 atom stereocenters. The zero-order chi connectivity index (χ0) is 21.7. The average molecular weight is 403 g/mol. The third kappa shape index (κ3) is 4.35. The van der Waals surface area contributed by atoms with Gasteiger partial charge in [-0.3, -0.25) is 4.79 Å². The first-order valence-corrected chi connectivity index (χ1v) is 9.73. The number of carbonyl (C=O) groups is 2. The van der Waals surface area contributed by atoms with Gasteiger partial charge in [-0.05, 0) is 41.0 Å². The molecule has 0 radical (unpaired) electrons. The van der Waals surface area contributed by atoms with Gasteiger partial charge >= 0.3 is 5.97 Å². The second kappa shape index (κ2) is 9.27. The topological polar surface area (TPSA) is 75.7 Å². The van der Waals surface area contributed by atoms with Gasteiger partial charge in [-0.25, -0.2) is 0 Å². The summed E-state index contributed by atoms with van der Waals surface area (Å²) in [6.07, 6.45) is 2.72. The average Bonchev–Trinajstić information content (AvgIpc) is 2.72. The van der Waals surface area contributed by atoms with Gasteiger partial charge in [0.15, 0.2) is 11.5 Å². The first kappa shape index (κ1) is 21.1. The molecule has 0 saturated heterocycles. The summed E-state index contributed by atoms with van der Waals surface area (Å²) in [4.78, 5) is 23.7. The smallest absolute Gasteiger partial charge is 0.308 e. The zero-order valence-electron chi connectivity index (χ0n) is 17.2. The van der Waals surface area contributed by atoms with E-state index in [9.17, 15) is 14.7 Å². The van der Waals surface area contributed by atoms with Crippen molar-refractivity contribution in [1.29, 1.82) is 0 Å². The summed E-state index contributed by atoms with van der Waals surface area (Å²) in [5.74, 6) is -1.18. The minimum atomic E-state index is -1.27. The van der Waals surface area contributed by atoms with Crippen molar-refractivity contribution < 1.29 is 24.2 Å². The molecule has 0 unspecified atom stereocenters. The second-order valence-electron chi connectivity index (χ2n) is 6.86. The Balaban J connectivity index is 2.38. The molecule has 3 rings (SSSR count). The van der Waals surface area contributed by atoms with E-state index >= 15 is 0 Å².